The number of aryl methyl sites for hydroxylation is 1. The van der Waals surface area contributed by atoms with E-state index < -0.39 is 10.0 Å². The minimum atomic E-state index is -3.62. The van der Waals surface area contributed by atoms with Crippen molar-refractivity contribution < 1.29 is 13.5 Å². The number of hydrogen-bond acceptors (Lipinski definition) is 3. The number of rotatable bonds is 8. The molecule has 1 unspecified atom stereocenters. The Labute approximate surface area is 173 Å². The van der Waals surface area contributed by atoms with E-state index >= 15 is 0 Å². The predicted octanol–water partition coefficient (Wildman–Crippen LogP) is 4.30. The molecule has 2 atom stereocenters. The van der Waals surface area contributed by atoms with Gasteiger partial charge >= 0.3 is 0 Å². The first-order chi connectivity index (χ1) is 13.4. The van der Waals surface area contributed by atoms with Crippen LogP contribution >= 0.6 is 11.6 Å². The summed E-state index contributed by atoms with van der Waals surface area (Å²) in [5, 5.41) is 9.70. The van der Waals surface area contributed by atoms with Crippen molar-refractivity contribution in [2.45, 2.75) is 50.0 Å². The van der Waals surface area contributed by atoms with E-state index in [-0.39, 0.29) is 23.5 Å². The van der Waals surface area contributed by atoms with Gasteiger partial charge in [-0.05, 0) is 73.4 Å². The number of hydrogen-bond donors (Lipinski definition) is 1. The lowest BCUT2D eigenvalue weighted by Crippen LogP contribution is -2.44. The summed E-state index contributed by atoms with van der Waals surface area (Å²) in [5.74, 6) is 0.267. The first-order valence-corrected chi connectivity index (χ1v) is 11.7. The van der Waals surface area contributed by atoms with Crippen LogP contribution in [0.3, 0.4) is 0 Å². The molecule has 0 radical (unpaired) electrons. The molecular weight excluding hydrogens is 394 g/mol. The summed E-state index contributed by atoms with van der Waals surface area (Å²) < 4.78 is 28.6. The molecule has 3 rings (SSSR count). The zero-order chi connectivity index (χ0) is 20.1. The molecule has 0 aromatic heterocycles. The highest BCUT2D eigenvalue weighted by molar-refractivity contribution is 7.89. The minimum Gasteiger partial charge on any atom is -0.396 e. The van der Waals surface area contributed by atoms with Crippen LogP contribution in [-0.4, -0.2) is 37.0 Å². The number of sulfonamides is 1. The first-order valence-electron chi connectivity index (χ1n) is 9.87. The molecule has 4 nitrogen and oxygen atoms in total. The molecule has 1 aliphatic carbocycles. The Hall–Kier alpha value is -1.40. The summed E-state index contributed by atoms with van der Waals surface area (Å²) >= 11 is 5.95. The first kappa shape index (κ1) is 21.3. The number of aliphatic hydroxyl groups is 1. The fourth-order valence-corrected chi connectivity index (χ4v) is 5.67. The SMILES string of the molecule is C[C@@H](CCO)CCN(C1CCc2ccccc2C1)S(=O)(=O)c1ccc(Cl)cc1. The zero-order valence-corrected chi connectivity index (χ0v) is 17.8. The molecule has 28 heavy (non-hydrogen) atoms. The van der Waals surface area contributed by atoms with Crippen molar-refractivity contribution in [1.29, 1.82) is 0 Å². The van der Waals surface area contributed by atoms with Gasteiger partial charge in [0.05, 0.1) is 4.90 Å². The summed E-state index contributed by atoms with van der Waals surface area (Å²) in [6.45, 7) is 2.64. The van der Waals surface area contributed by atoms with Crippen LogP contribution in [0.4, 0.5) is 0 Å². The molecule has 0 aliphatic heterocycles. The normalized spacial score (nSPS) is 18.1. The minimum absolute atomic E-state index is 0.0584. The second-order valence-electron chi connectivity index (χ2n) is 7.64. The lowest BCUT2D eigenvalue weighted by molar-refractivity contribution is 0.238. The van der Waals surface area contributed by atoms with E-state index in [0.29, 0.717) is 18.0 Å². The number of fused-ring (bicyclic) bond motifs is 1. The fraction of sp³-hybridized carbons (Fsp3) is 0.455. The van der Waals surface area contributed by atoms with Gasteiger partial charge in [-0.1, -0.05) is 42.8 Å². The molecule has 6 heteroatoms. The lowest BCUT2D eigenvalue weighted by atomic mass is 9.88. The number of nitrogens with zero attached hydrogens (tertiary/aromatic N) is 1. The predicted molar refractivity (Wildman–Crippen MR) is 113 cm³/mol. The number of benzene rings is 2. The average Bonchev–Trinajstić information content (AvgIpc) is 2.68. The Balaban J connectivity index is 1.88. The van der Waals surface area contributed by atoms with Gasteiger partial charge < -0.3 is 5.11 Å². The summed E-state index contributed by atoms with van der Waals surface area (Å²) in [7, 11) is -3.62. The van der Waals surface area contributed by atoms with Crippen LogP contribution < -0.4 is 0 Å². The summed E-state index contributed by atoms with van der Waals surface area (Å²) in [5.41, 5.74) is 2.55. The summed E-state index contributed by atoms with van der Waals surface area (Å²) in [6.07, 6.45) is 3.85. The Morgan fingerprint density at radius 2 is 1.79 bits per heavy atom. The van der Waals surface area contributed by atoms with Gasteiger partial charge in [0, 0.05) is 24.2 Å². The van der Waals surface area contributed by atoms with Gasteiger partial charge in [0.2, 0.25) is 10.0 Å². The molecule has 0 amide bonds. The van der Waals surface area contributed by atoms with E-state index in [1.165, 1.54) is 11.1 Å². The maximum atomic E-state index is 13.5. The average molecular weight is 422 g/mol. The molecule has 0 fully saturated rings. The molecule has 152 valence electrons. The van der Waals surface area contributed by atoms with E-state index in [0.717, 1.165) is 25.7 Å². The van der Waals surface area contributed by atoms with Crippen LogP contribution in [0, 0.1) is 5.92 Å². The van der Waals surface area contributed by atoms with Crippen molar-refractivity contribution in [3.05, 3.63) is 64.7 Å². The van der Waals surface area contributed by atoms with Crippen molar-refractivity contribution in [3.8, 4) is 0 Å². The van der Waals surface area contributed by atoms with Crippen molar-refractivity contribution in [2.75, 3.05) is 13.2 Å². The molecule has 0 heterocycles. The highest BCUT2D eigenvalue weighted by Gasteiger charge is 2.33. The number of halogens is 1. The fourth-order valence-electron chi connectivity index (χ4n) is 3.88. The Bertz CT molecular complexity index is 883. The van der Waals surface area contributed by atoms with Crippen molar-refractivity contribution in [1.82, 2.24) is 4.31 Å². The molecule has 0 saturated heterocycles. The third-order valence-corrected chi connectivity index (χ3v) is 7.83. The molecule has 0 spiro atoms. The third-order valence-electron chi connectivity index (χ3n) is 5.61. The van der Waals surface area contributed by atoms with Gasteiger partial charge in [-0.2, -0.15) is 4.31 Å². The van der Waals surface area contributed by atoms with E-state index in [1.807, 2.05) is 12.1 Å². The zero-order valence-electron chi connectivity index (χ0n) is 16.2. The van der Waals surface area contributed by atoms with Gasteiger partial charge in [0.15, 0.2) is 0 Å². The van der Waals surface area contributed by atoms with Crippen LogP contribution in [0.15, 0.2) is 53.4 Å². The van der Waals surface area contributed by atoms with E-state index in [4.69, 9.17) is 11.6 Å². The summed E-state index contributed by atoms with van der Waals surface area (Å²) in [4.78, 5) is 0.283. The van der Waals surface area contributed by atoms with Crippen LogP contribution in [-0.2, 0) is 22.9 Å². The topological polar surface area (TPSA) is 57.6 Å². The molecule has 1 N–H and O–H groups in total. The van der Waals surface area contributed by atoms with Gasteiger partial charge in [0.25, 0.3) is 0 Å². The summed E-state index contributed by atoms with van der Waals surface area (Å²) in [6, 6.07) is 14.6. The smallest absolute Gasteiger partial charge is 0.243 e. The highest BCUT2D eigenvalue weighted by atomic mass is 35.5. The van der Waals surface area contributed by atoms with Crippen LogP contribution in [0.2, 0.25) is 5.02 Å². The van der Waals surface area contributed by atoms with Gasteiger partial charge in [0.1, 0.15) is 0 Å². The molecule has 2 aromatic rings. The van der Waals surface area contributed by atoms with Crippen LogP contribution in [0.1, 0.15) is 37.3 Å². The molecular formula is C22H28ClNO3S. The molecule has 1 aliphatic rings. The Morgan fingerprint density at radius 1 is 1.11 bits per heavy atom. The van der Waals surface area contributed by atoms with E-state index in [1.54, 1.807) is 28.6 Å². The van der Waals surface area contributed by atoms with Gasteiger partial charge in [-0.25, -0.2) is 8.42 Å². The standard InChI is InChI=1S/C22H28ClNO3S/c1-17(13-15-25)12-14-24(28(26,27)22-10-7-20(23)8-11-22)21-9-6-18-4-2-3-5-19(18)16-21/h2-5,7-8,10-11,17,21,25H,6,9,12-16H2,1H3/t17-,21?/m1/s1. The third kappa shape index (κ3) is 4.95. The number of aliphatic hydroxyl groups excluding tert-OH is 1. The molecule has 0 saturated carbocycles. The quantitative estimate of drug-likeness (QED) is 0.691. The molecule has 0 bridgehead atoms. The van der Waals surface area contributed by atoms with E-state index in [9.17, 15) is 13.5 Å². The Morgan fingerprint density at radius 3 is 2.46 bits per heavy atom. The lowest BCUT2D eigenvalue weighted by Gasteiger charge is -2.35. The second kappa shape index (κ2) is 9.40. The second-order valence-corrected chi connectivity index (χ2v) is 9.97. The largest absolute Gasteiger partial charge is 0.396 e. The Kier molecular flexibility index (Phi) is 7.15. The van der Waals surface area contributed by atoms with Crippen LogP contribution in [0.25, 0.3) is 0 Å². The van der Waals surface area contributed by atoms with Gasteiger partial charge in [-0.15, -0.1) is 0 Å². The van der Waals surface area contributed by atoms with Gasteiger partial charge in [-0.3, -0.25) is 0 Å². The maximum absolute atomic E-state index is 13.5. The highest BCUT2D eigenvalue weighted by Crippen LogP contribution is 2.29. The van der Waals surface area contributed by atoms with Crippen molar-refractivity contribution in [2.24, 2.45) is 5.92 Å². The molecule has 2 aromatic carbocycles. The van der Waals surface area contributed by atoms with Crippen molar-refractivity contribution in [3.63, 3.8) is 0 Å². The maximum Gasteiger partial charge on any atom is 0.243 e. The van der Waals surface area contributed by atoms with E-state index in [2.05, 4.69) is 19.1 Å². The van der Waals surface area contributed by atoms with Crippen molar-refractivity contribution >= 4 is 21.6 Å². The monoisotopic (exact) mass is 421 g/mol. The van der Waals surface area contributed by atoms with Crippen LogP contribution in [0.5, 0.6) is 0 Å².